The lowest BCUT2D eigenvalue weighted by atomic mass is 9.85. The summed E-state index contributed by atoms with van der Waals surface area (Å²) in [7, 11) is 0. The van der Waals surface area contributed by atoms with Crippen LogP contribution in [-0.4, -0.2) is 17.0 Å². The van der Waals surface area contributed by atoms with Gasteiger partial charge in [0.2, 0.25) is 0 Å². The zero-order chi connectivity index (χ0) is 14.5. The smallest absolute Gasteiger partial charge is 0.0251 e. The highest BCUT2D eigenvalue weighted by Crippen LogP contribution is 2.71. The van der Waals surface area contributed by atoms with E-state index in [-0.39, 0.29) is 0 Å². The van der Waals surface area contributed by atoms with E-state index >= 15 is 0 Å². The summed E-state index contributed by atoms with van der Waals surface area (Å²) in [6.45, 7) is 7.21. The highest BCUT2D eigenvalue weighted by molar-refractivity contribution is 5.36. The molecule has 0 aromatic heterocycles. The molecular formula is C20H23N. The summed E-state index contributed by atoms with van der Waals surface area (Å²) in [5.74, 6) is 0.674. The van der Waals surface area contributed by atoms with Crippen LogP contribution >= 0.6 is 0 Å². The maximum atomic E-state index is 2.71. The first-order chi connectivity index (χ1) is 10.1. The number of nitrogens with zero attached hydrogens (tertiary/aromatic N) is 1. The van der Waals surface area contributed by atoms with Gasteiger partial charge in [0.15, 0.2) is 0 Å². The molecule has 3 atom stereocenters. The van der Waals surface area contributed by atoms with Gasteiger partial charge in [-0.1, -0.05) is 67.6 Å². The van der Waals surface area contributed by atoms with E-state index in [1.54, 1.807) is 0 Å². The molecule has 1 aliphatic heterocycles. The summed E-state index contributed by atoms with van der Waals surface area (Å²) >= 11 is 0. The van der Waals surface area contributed by atoms with Crippen molar-refractivity contribution in [1.29, 1.82) is 0 Å². The van der Waals surface area contributed by atoms with Crippen molar-refractivity contribution in [2.45, 2.75) is 38.3 Å². The molecule has 2 fully saturated rings. The molecular weight excluding hydrogens is 254 g/mol. The molecule has 0 spiro atoms. The van der Waals surface area contributed by atoms with E-state index < -0.39 is 0 Å². The zero-order valence-corrected chi connectivity index (χ0v) is 12.9. The quantitative estimate of drug-likeness (QED) is 0.801. The van der Waals surface area contributed by atoms with Crippen molar-refractivity contribution in [3.8, 4) is 0 Å². The topological polar surface area (TPSA) is 3.24 Å². The van der Waals surface area contributed by atoms with Crippen LogP contribution in [0.25, 0.3) is 0 Å². The summed E-state index contributed by atoms with van der Waals surface area (Å²) in [6.07, 6.45) is 1.33. The van der Waals surface area contributed by atoms with Gasteiger partial charge < -0.3 is 0 Å². The maximum Gasteiger partial charge on any atom is 0.0251 e. The minimum Gasteiger partial charge on any atom is -0.292 e. The Kier molecular flexibility index (Phi) is 2.77. The van der Waals surface area contributed by atoms with Crippen molar-refractivity contribution >= 4 is 0 Å². The van der Waals surface area contributed by atoms with Gasteiger partial charge in [0.25, 0.3) is 0 Å². The number of likely N-dealkylation sites (tertiary alicyclic amines) is 1. The van der Waals surface area contributed by atoms with Crippen LogP contribution in [0.3, 0.4) is 0 Å². The highest BCUT2D eigenvalue weighted by atomic mass is 15.3. The molecule has 1 heterocycles. The molecule has 1 aliphatic carbocycles. The van der Waals surface area contributed by atoms with Gasteiger partial charge in [0, 0.05) is 24.5 Å². The van der Waals surface area contributed by atoms with Crippen molar-refractivity contribution in [2.75, 3.05) is 6.54 Å². The van der Waals surface area contributed by atoms with Gasteiger partial charge in [-0.15, -0.1) is 0 Å². The van der Waals surface area contributed by atoms with Crippen LogP contribution in [0.2, 0.25) is 0 Å². The molecule has 0 N–H and O–H groups in total. The molecule has 0 bridgehead atoms. The fourth-order valence-corrected chi connectivity index (χ4v) is 4.47. The van der Waals surface area contributed by atoms with E-state index in [9.17, 15) is 0 Å². The van der Waals surface area contributed by atoms with Crippen molar-refractivity contribution in [2.24, 2.45) is 5.41 Å². The number of hydrogen-bond acceptors (Lipinski definition) is 1. The molecule has 2 aliphatic rings. The first-order valence-electron chi connectivity index (χ1n) is 7.97. The predicted molar refractivity (Wildman–Crippen MR) is 87.2 cm³/mol. The van der Waals surface area contributed by atoms with Crippen LogP contribution in [0.5, 0.6) is 0 Å². The summed E-state index contributed by atoms with van der Waals surface area (Å²) < 4.78 is 0. The average Bonchev–Trinajstić information content (AvgIpc) is 3.02. The molecule has 108 valence electrons. The Balaban J connectivity index is 1.61. The van der Waals surface area contributed by atoms with Gasteiger partial charge in [0.05, 0.1) is 0 Å². The largest absolute Gasteiger partial charge is 0.292 e. The third-order valence-electron chi connectivity index (χ3n) is 6.11. The third-order valence-corrected chi connectivity index (χ3v) is 6.11. The summed E-state index contributed by atoms with van der Waals surface area (Å²) in [6, 6.07) is 22.0. The van der Waals surface area contributed by atoms with Crippen LogP contribution in [-0.2, 0) is 6.54 Å². The van der Waals surface area contributed by atoms with Gasteiger partial charge >= 0.3 is 0 Å². The average molecular weight is 277 g/mol. The molecule has 0 amide bonds. The lowest BCUT2D eigenvalue weighted by Crippen LogP contribution is -2.32. The number of rotatable bonds is 3. The molecule has 21 heavy (non-hydrogen) atoms. The minimum absolute atomic E-state index is 0.378. The van der Waals surface area contributed by atoms with Crippen molar-refractivity contribution < 1.29 is 0 Å². The van der Waals surface area contributed by atoms with Gasteiger partial charge in [-0.05, 0) is 29.9 Å². The fourth-order valence-electron chi connectivity index (χ4n) is 4.47. The summed E-state index contributed by atoms with van der Waals surface area (Å²) in [5, 5.41) is 0. The van der Waals surface area contributed by atoms with Gasteiger partial charge in [-0.2, -0.15) is 0 Å². The molecule has 2 aromatic carbocycles. The van der Waals surface area contributed by atoms with E-state index in [1.165, 1.54) is 24.1 Å². The van der Waals surface area contributed by atoms with Crippen LogP contribution in [0.4, 0.5) is 0 Å². The SMILES string of the molecule is CC12CC1(C)N(Cc1ccccc1)C[C@@H]2c1ccccc1. The van der Waals surface area contributed by atoms with Gasteiger partial charge in [0.1, 0.15) is 0 Å². The second kappa shape index (κ2) is 4.45. The molecule has 1 heteroatoms. The molecule has 1 saturated carbocycles. The summed E-state index contributed by atoms with van der Waals surface area (Å²) in [4.78, 5) is 2.71. The Morgan fingerprint density at radius 1 is 0.952 bits per heavy atom. The van der Waals surface area contributed by atoms with Crippen LogP contribution in [0, 0.1) is 5.41 Å². The first kappa shape index (κ1) is 13.1. The molecule has 1 nitrogen and oxygen atoms in total. The van der Waals surface area contributed by atoms with E-state index in [4.69, 9.17) is 0 Å². The summed E-state index contributed by atoms with van der Waals surface area (Å²) in [5.41, 5.74) is 3.77. The molecule has 4 rings (SSSR count). The molecule has 2 aromatic rings. The highest BCUT2D eigenvalue weighted by Gasteiger charge is 2.71. The number of hydrogen-bond donors (Lipinski definition) is 0. The normalized spacial score (nSPS) is 34.7. The molecule has 2 unspecified atom stereocenters. The van der Waals surface area contributed by atoms with Gasteiger partial charge in [-0.3, -0.25) is 4.90 Å². The Hall–Kier alpha value is -1.60. The van der Waals surface area contributed by atoms with E-state index in [0.717, 1.165) is 6.54 Å². The lowest BCUT2D eigenvalue weighted by Gasteiger charge is -2.25. The van der Waals surface area contributed by atoms with E-state index in [1.807, 2.05) is 0 Å². The van der Waals surface area contributed by atoms with Gasteiger partial charge in [-0.25, -0.2) is 0 Å². The second-order valence-corrected chi connectivity index (χ2v) is 7.20. The van der Waals surface area contributed by atoms with Crippen LogP contribution in [0.15, 0.2) is 60.7 Å². The van der Waals surface area contributed by atoms with Crippen LogP contribution in [0.1, 0.15) is 37.3 Å². The third kappa shape index (κ3) is 1.87. The molecule has 0 radical (unpaired) electrons. The van der Waals surface area contributed by atoms with Crippen molar-refractivity contribution in [3.05, 3.63) is 71.8 Å². The van der Waals surface area contributed by atoms with E-state index in [0.29, 0.717) is 16.9 Å². The fraction of sp³-hybridized carbons (Fsp3) is 0.400. The number of benzene rings is 2. The first-order valence-corrected chi connectivity index (χ1v) is 7.97. The minimum atomic E-state index is 0.378. The predicted octanol–water partition coefficient (Wildman–Crippen LogP) is 4.45. The van der Waals surface area contributed by atoms with Crippen molar-refractivity contribution in [3.63, 3.8) is 0 Å². The Bertz CT molecular complexity index is 635. The lowest BCUT2D eigenvalue weighted by molar-refractivity contribution is 0.209. The van der Waals surface area contributed by atoms with Crippen LogP contribution < -0.4 is 0 Å². The monoisotopic (exact) mass is 277 g/mol. The molecule has 1 saturated heterocycles. The Labute approximate surface area is 127 Å². The zero-order valence-electron chi connectivity index (χ0n) is 12.9. The second-order valence-electron chi connectivity index (χ2n) is 7.20. The maximum absolute atomic E-state index is 2.71. The Morgan fingerprint density at radius 2 is 1.57 bits per heavy atom. The van der Waals surface area contributed by atoms with Crippen molar-refractivity contribution in [1.82, 2.24) is 4.90 Å². The number of piperidine rings is 1. The van der Waals surface area contributed by atoms with E-state index in [2.05, 4.69) is 79.4 Å². The standard InChI is InChI=1S/C20H23N/c1-19-15-20(19,2)21(13-16-9-5-3-6-10-16)14-18(19)17-11-7-4-8-12-17/h3-12,18H,13-15H2,1-2H3/t18-,19?,20?/m1/s1. The Morgan fingerprint density at radius 3 is 2.24 bits per heavy atom. The number of fused-ring (bicyclic) bond motifs is 1.